The quantitative estimate of drug-likeness (QED) is 0.370. The van der Waals surface area contributed by atoms with Gasteiger partial charge in [-0.05, 0) is 11.6 Å². The molecule has 126 valence electrons. The van der Waals surface area contributed by atoms with Crippen molar-refractivity contribution in [3.8, 4) is 0 Å². The Morgan fingerprint density at radius 1 is 1.24 bits per heavy atom. The van der Waals surface area contributed by atoms with Crippen LogP contribution in [0, 0.1) is 0 Å². The molecule has 25 heavy (non-hydrogen) atoms. The molecule has 0 bridgehead atoms. The van der Waals surface area contributed by atoms with Crippen LogP contribution >= 0.6 is 11.8 Å². The molecule has 1 heterocycles. The van der Waals surface area contributed by atoms with E-state index >= 15 is 0 Å². The third kappa shape index (κ3) is 4.04. The van der Waals surface area contributed by atoms with Gasteiger partial charge in [0.05, 0.1) is 11.7 Å². The second kappa shape index (κ2) is 7.63. The van der Waals surface area contributed by atoms with Crippen molar-refractivity contribution in [3.05, 3.63) is 65.4 Å². The molecule has 0 saturated carbocycles. The first-order chi connectivity index (χ1) is 12.1. The van der Waals surface area contributed by atoms with E-state index in [0.717, 1.165) is 5.56 Å². The Hall–Kier alpha value is -3.13. The van der Waals surface area contributed by atoms with Gasteiger partial charge in [0.25, 0.3) is 0 Å². The molecule has 0 fully saturated rings. The lowest BCUT2D eigenvalue weighted by Gasteiger charge is -1.99. The Bertz CT molecular complexity index is 950. The fraction of sp³-hybridized carbons (Fsp3) is 0.0588. The van der Waals surface area contributed by atoms with Gasteiger partial charge in [-0.15, -0.1) is 5.10 Å². The third-order valence-electron chi connectivity index (χ3n) is 3.41. The van der Waals surface area contributed by atoms with Crippen molar-refractivity contribution in [2.24, 2.45) is 15.9 Å². The standard InChI is InChI=1S/C17H15N5O2S/c18-17(25-10-11-5-2-1-3-6-11)22-19-9-12-7-4-8-13-14(12)15(16(23)24)21-20-13/h1-9H,10H2,(H2,18,22)(H,20,21)(H,23,24). The van der Waals surface area contributed by atoms with Crippen molar-refractivity contribution in [1.29, 1.82) is 0 Å². The van der Waals surface area contributed by atoms with Crippen LogP contribution in [-0.4, -0.2) is 32.7 Å². The maximum Gasteiger partial charge on any atom is 0.357 e. The average Bonchev–Trinajstić information content (AvgIpc) is 3.06. The van der Waals surface area contributed by atoms with Gasteiger partial charge < -0.3 is 10.8 Å². The van der Waals surface area contributed by atoms with Crippen LogP contribution in [0.25, 0.3) is 10.9 Å². The van der Waals surface area contributed by atoms with Gasteiger partial charge in [-0.1, -0.05) is 54.2 Å². The number of carboxylic acids is 1. The van der Waals surface area contributed by atoms with Crippen LogP contribution in [-0.2, 0) is 5.75 Å². The number of nitrogens with two attached hydrogens (primary N) is 1. The molecule has 8 heteroatoms. The van der Waals surface area contributed by atoms with E-state index in [1.807, 2.05) is 30.3 Å². The minimum Gasteiger partial charge on any atom is -0.476 e. The number of rotatable bonds is 5. The molecular formula is C17H15N5O2S. The maximum atomic E-state index is 11.3. The second-order valence-electron chi connectivity index (χ2n) is 5.10. The number of hydrogen-bond donors (Lipinski definition) is 3. The number of H-pyrrole nitrogens is 1. The van der Waals surface area contributed by atoms with Gasteiger partial charge in [0.15, 0.2) is 10.9 Å². The number of carbonyl (C=O) groups is 1. The fourth-order valence-corrected chi connectivity index (χ4v) is 2.88. The molecule has 0 saturated heterocycles. The monoisotopic (exact) mass is 353 g/mol. The molecule has 0 amide bonds. The number of amidine groups is 1. The first-order valence-electron chi connectivity index (χ1n) is 7.39. The van der Waals surface area contributed by atoms with Crippen LogP contribution in [0.2, 0.25) is 0 Å². The summed E-state index contributed by atoms with van der Waals surface area (Å²) in [5, 5.41) is 24.4. The summed E-state index contributed by atoms with van der Waals surface area (Å²) in [4.78, 5) is 11.3. The minimum absolute atomic E-state index is 0.0487. The van der Waals surface area contributed by atoms with Crippen molar-refractivity contribution in [2.75, 3.05) is 0 Å². The van der Waals surface area contributed by atoms with Crippen molar-refractivity contribution < 1.29 is 9.90 Å². The highest BCUT2D eigenvalue weighted by Crippen LogP contribution is 2.19. The van der Waals surface area contributed by atoms with E-state index in [-0.39, 0.29) is 5.69 Å². The number of aromatic carboxylic acids is 1. The zero-order chi connectivity index (χ0) is 17.6. The summed E-state index contributed by atoms with van der Waals surface area (Å²) in [5.74, 6) is -0.403. The Balaban J connectivity index is 1.74. The molecule has 0 spiro atoms. The van der Waals surface area contributed by atoms with Crippen molar-refractivity contribution in [2.45, 2.75) is 5.75 Å². The van der Waals surface area contributed by atoms with Crippen LogP contribution in [0.5, 0.6) is 0 Å². The van der Waals surface area contributed by atoms with Crippen LogP contribution in [0.4, 0.5) is 0 Å². The van der Waals surface area contributed by atoms with E-state index in [1.54, 1.807) is 18.2 Å². The predicted molar refractivity (Wildman–Crippen MR) is 100 cm³/mol. The molecule has 0 atom stereocenters. The lowest BCUT2D eigenvalue weighted by Crippen LogP contribution is -2.06. The van der Waals surface area contributed by atoms with E-state index in [4.69, 9.17) is 5.73 Å². The average molecular weight is 353 g/mol. The van der Waals surface area contributed by atoms with E-state index in [1.165, 1.54) is 18.0 Å². The number of aromatic amines is 1. The molecule has 3 rings (SSSR count). The molecule has 0 aliphatic rings. The topological polar surface area (TPSA) is 117 Å². The second-order valence-corrected chi connectivity index (χ2v) is 6.10. The zero-order valence-corrected chi connectivity index (χ0v) is 13.9. The summed E-state index contributed by atoms with van der Waals surface area (Å²) in [5.41, 5.74) is 8.16. The van der Waals surface area contributed by atoms with Crippen molar-refractivity contribution >= 4 is 40.0 Å². The van der Waals surface area contributed by atoms with Crippen LogP contribution < -0.4 is 5.73 Å². The van der Waals surface area contributed by atoms with Gasteiger partial charge in [-0.3, -0.25) is 5.10 Å². The highest BCUT2D eigenvalue weighted by Gasteiger charge is 2.14. The normalized spacial score (nSPS) is 12.1. The van der Waals surface area contributed by atoms with Gasteiger partial charge in [-0.2, -0.15) is 10.2 Å². The number of nitrogens with zero attached hydrogens (tertiary/aromatic N) is 3. The fourth-order valence-electron chi connectivity index (χ4n) is 2.27. The molecule has 0 radical (unpaired) electrons. The van der Waals surface area contributed by atoms with E-state index in [2.05, 4.69) is 20.4 Å². The summed E-state index contributed by atoms with van der Waals surface area (Å²) in [6.07, 6.45) is 1.47. The maximum absolute atomic E-state index is 11.3. The summed E-state index contributed by atoms with van der Waals surface area (Å²) < 4.78 is 0. The van der Waals surface area contributed by atoms with Crippen LogP contribution in [0.3, 0.4) is 0 Å². The molecular weight excluding hydrogens is 338 g/mol. The molecule has 0 aliphatic heterocycles. The largest absolute Gasteiger partial charge is 0.476 e. The van der Waals surface area contributed by atoms with Gasteiger partial charge in [0.1, 0.15) is 0 Å². The van der Waals surface area contributed by atoms with Crippen molar-refractivity contribution in [1.82, 2.24) is 10.2 Å². The Morgan fingerprint density at radius 3 is 2.80 bits per heavy atom. The lowest BCUT2D eigenvalue weighted by molar-refractivity contribution is 0.0692. The van der Waals surface area contributed by atoms with E-state index in [0.29, 0.717) is 27.4 Å². The molecule has 0 aliphatic carbocycles. The first-order valence-corrected chi connectivity index (χ1v) is 8.37. The zero-order valence-electron chi connectivity index (χ0n) is 13.1. The molecule has 1 aromatic heterocycles. The highest BCUT2D eigenvalue weighted by molar-refractivity contribution is 8.13. The summed E-state index contributed by atoms with van der Waals surface area (Å²) in [6, 6.07) is 15.2. The molecule has 3 aromatic rings. The molecule has 4 N–H and O–H groups in total. The van der Waals surface area contributed by atoms with Crippen molar-refractivity contribution in [3.63, 3.8) is 0 Å². The van der Waals surface area contributed by atoms with E-state index < -0.39 is 5.97 Å². The van der Waals surface area contributed by atoms with Gasteiger partial charge in [-0.25, -0.2) is 4.79 Å². The Labute approximate surface area is 147 Å². The number of fused-ring (bicyclic) bond motifs is 1. The third-order valence-corrected chi connectivity index (χ3v) is 4.26. The number of hydrogen-bond acceptors (Lipinski definition) is 5. The van der Waals surface area contributed by atoms with Crippen LogP contribution in [0.1, 0.15) is 21.6 Å². The summed E-state index contributed by atoms with van der Waals surface area (Å²) in [6.45, 7) is 0. The number of benzene rings is 2. The Morgan fingerprint density at radius 2 is 2.04 bits per heavy atom. The van der Waals surface area contributed by atoms with E-state index in [9.17, 15) is 9.90 Å². The summed E-state index contributed by atoms with van der Waals surface area (Å²) in [7, 11) is 0. The number of nitrogens with one attached hydrogen (secondary N) is 1. The Kier molecular flexibility index (Phi) is 5.10. The predicted octanol–water partition coefficient (Wildman–Crippen LogP) is 2.84. The van der Waals surface area contributed by atoms with Gasteiger partial charge in [0.2, 0.25) is 0 Å². The molecule has 0 unspecified atom stereocenters. The van der Waals surface area contributed by atoms with Crippen LogP contribution in [0.15, 0.2) is 58.7 Å². The number of thioether (sulfide) groups is 1. The first kappa shape index (κ1) is 16.7. The number of aromatic nitrogens is 2. The highest BCUT2D eigenvalue weighted by atomic mass is 32.2. The molecule has 2 aromatic carbocycles. The number of carboxylic acid groups (broad SMARTS) is 1. The smallest absolute Gasteiger partial charge is 0.357 e. The SMILES string of the molecule is NC(=NN=Cc1cccc2[nH]nc(C(=O)O)c12)SCc1ccccc1. The minimum atomic E-state index is -1.10. The van der Waals surface area contributed by atoms with Gasteiger partial charge in [0, 0.05) is 16.7 Å². The van der Waals surface area contributed by atoms with Gasteiger partial charge >= 0.3 is 5.97 Å². The summed E-state index contributed by atoms with van der Waals surface area (Å²) >= 11 is 1.38. The lowest BCUT2D eigenvalue weighted by atomic mass is 10.1. The molecule has 7 nitrogen and oxygen atoms in total.